The maximum atomic E-state index is 12.9. The molecule has 0 unspecified atom stereocenters. The van der Waals surface area contributed by atoms with Gasteiger partial charge in [-0.2, -0.15) is 0 Å². The molecule has 9 nitrogen and oxygen atoms in total. The summed E-state index contributed by atoms with van der Waals surface area (Å²) in [5.74, 6) is -2.95. The molecular weight excluding hydrogens is 474 g/mol. The standard InChI is InChI=1S/C25H20ClN3O6/c26-18-4-2-1-3-17(18)22(31)28-27-19(30)12-35-25(34)13-7-9-16(10-8-13)29-23(32)20-14-5-6-15(11-14)21(20)24(29)33/h1-10,14-15,20-21H,11-12H2,(H,27,30)(H,28,31)/t14-,15-,20-,21+/m0/s1. The van der Waals surface area contributed by atoms with Crippen LogP contribution in [0.4, 0.5) is 5.69 Å². The Bertz CT molecular complexity index is 1240. The number of benzene rings is 2. The number of carbonyl (C=O) groups is 5. The average molecular weight is 494 g/mol. The zero-order valence-electron chi connectivity index (χ0n) is 18.3. The van der Waals surface area contributed by atoms with Crippen molar-refractivity contribution in [3.8, 4) is 0 Å². The molecule has 4 amide bonds. The number of fused-ring (bicyclic) bond motifs is 5. The highest BCUT2D eigenvalue weighted by Crippen LogP contribution is 2.53. The third-order valence-electron chi connectivity index (χ3n) is 6.60. The summed E-state index contributed by atoms with van der Waals surface area (Å²) in [5, 5.41) is 0.221. The molecule has 2 fully saturated rings. The molecule has 1 saturated carbocycles. The van der Waals surface area contributed by atoms with Gasteiger partial charge in [-0.1, -0.05) is 35.9 Å². The number of hydrogen-bond donors (Lipinski definition) is 2. The van der Waals surface area contributed by atoms with Crippen LogP contribution in [0.3, 0.4) is 0 Å². The van der Waals surface area contributed by atoms with Gasteiger partial charge in [-0.3, -0.25) is 34.9 Å². The molecule has 2 aliphatic carbocycles. The van der Waals surface area contributed by atoms with Gasteiger partial charge >= 0.3 is 5.97 Å². The van der Waals surface area contributed by atoms with Crippen molar-refractivity contribution in [3.63, 3.8) is 0 Å². The Labute approximate surface area is 205 Å². The number of allylic oxidation sites excluding steroid dienone is 2. The molecule has 0 aromatic heterocycles. The number of imide groups is 1. The molecule has 1 saturated heterocycles. The first kappa shape index (κ1) is 22.8. The fourth-order valence-electron chi connectivity index (χ4n) is 4.99. The van der Waals surface area contributed by atoms with E-state index in [-0.39, 0.29) is 51.6 Å². The third-order valence-corrected chi connectivity index (χ3v) is 6.93. The van der Waals surface area contributed by atoms with Gasteiger partial charge in [0.15, 0.2) is 6.61 Å². The first-order chi connectivity index (χ1) is 16.8. The van der Waals surface area contributed by atoms with Crippen molar-refractivity contribution < 1.29 is 28.7 Å². The summed E-state index contributed by atoms with van der Waals surface area (Å²) in [6, 6.07) is 12.2. The van der Waals surface area contributed by atoms with Gasteiger partial charge in [-0.05, 0) is 54.7 Å². The minimum absolute atomic E-state index is 0.112. The highest BCUT2D eigenvalue weighted by molar-refractivity contribution is 6.33. The molecular formula is C25H20ClN3O6. The number of hydrazine groups is 1. The number of hydrogen-bond acceptors (Lipinski definition) is 6. The Kier molecular flexibility index (Phi) is 5.86. The van der Waals surface area contributed by atoms with Gasteiger partial charge in [0.05, 0.1) is 33.7 Å². The van der Waals surface area contributed by atoms with Crippen LogP contribution in [0.25, 0.3) is 0 Å². The molecule has 4 atom stereocenters. The lowest BCUT2D eigenvalue weighted by Gasteiger charge is -2.17. The number of ether oxygens (including phenoxy) is 1. The van der Waals surface area contributed by atoms with Gasteiger partial charge in [-0.25, -0.2) is 4.79 Å². The molecule has 35 heavy (non-hydrogen) atoms. The summed E-state index contributed by atoms with van der Waals surface area (Å²) in [6.45, 7) is -0.633. The summed E-state index contributed by atoms with van der Waals surface area (Å²) in [5.41, 5.74) is 5.04. The van der Waals surface area contributed by atoms with Gasteiger partial charge in [-0.15, -0.1) is 0 Å². The Morgan fingerprint density at radius 1 is 0.914 bits per heavy atom. The number of nitrogens with one attached hydrogen (secondary N) is 2. The topological polar surface area (TPSA) is 122 Å². The molecule has 2 bridgehead atoms. The van der Waals surface area contributed by atoms with E-state index < -0.39 is 24.4 Å². The Balaban J connectivity index is 1.14. The number of rotatable bonds is 5. The smallest absolute Gasteiger partial charge is 0.338 e. The lowest BCUT2D eigenvalue weighted by Crippen LogP contribution is -2.43. The molecule has 1 aliphatic heterocycles. The van der Waals surface area contributed by atoms with Crippen molar-refractivity contribution in [1.29, 1.82) is 0 Å². The van der Waals surface area contributed by atoms with Crippen molar-refractivity contribution in [3.05, 3.63) is 76.8 Å². The molecule has 0 radical (unpaired) electrons. The number of amides is 4. The van der Waals surface area contributed by atoms with Crippen LogP contribution < -0.4 is 15.8 Å². The fraction of sp³-hybridized carbons (Fsp3) is 0.240. The van der Waals surface area contributed by atoms with E-state index in [1.54, 1.807) is 12.1 Å². The second kappa shape index (κ2) is 8.99. The molecule has 1 heterocycles. The maximum absolute atomic E-state index is 12.9. The van der Waals surface area contributed by atoms with Crippen molar-refractivity contribution in [1.82, 2.24) is 10.9 Å². The molecule has 0 spiro atoms. The summed E-state index contributed by atoms with van der Waals surface area (Å²) in [7, 11) is 0. The zero-order chi connectivity index (χ0) is 24.7. The summed E-state index contributed by atoms with van der Waals surface area (Å²) >= 11 is 5.93. The van der Waals surface area contributed by atoms with Crippen LogP contribution >= 0.6 is 11.6 Å². The molecule has 2 aromatic rings. The molecule has 2 aromatic carbocycles. The lowest BCUT2D eigenvalue weighted by molar-refractivity contribution is -0.125. The van der Waals surface area contributed by atoms with Crippen LogP contribution in [-0.2, 0) is 19.1 Å². The number of nitrogens with zero attached hydrogens (tertiary/aromatic N) is 1. The molecule has 2 N–H and O–H groups in total. The molecule has 3 aliphatic rings. The molecule has 5 rings (SSSR count). The van der Waals surface area contributed by atoms with E-state index in [2.05, 4.69) is 10.9 Å². The lowest BCUT2D eigenvalue weighted by atomic mass is 9.85. The number of carbonyl (C=O) groups excluding carboxylic acids is 5. The molecule has 10 heteroatoms. The van der Waals surface area contributed by atoms with Gasteiger partial charge in [0.25, 0.3) is 11.8 Å². The molecule has 178 valence electrons. The predicted molar refractivity (Wildman–Crippen MR) is 124 cm³/mol. The highest BCUT2D eigenvalue weighted by atomic mass is 35.5. The van der Waals surface area contributed by atoms with Crippen LogP contribution in [0.15, 0.2) is 60.7 Å². The van der Waals surface area contributed by atoms with Crippen LogP contribution in [-0.4, -0.2) is 36.2 Å². The fourth-order valence-corrected chi connectivity index (χ4v) is 5.21. The quantitative estimate of drug-likeness (QED) is 0.285. The third kappa shape index (κ3) is 4.08. The van der Waals surface area contributed by atoms with Gasteiger partial charge < -0.3 is 4.74 Å². The van der Waals surface area contributed by atoms with Crippen LogP contribution in [0.2, 0.25) is 5.02 Å². The van der Waals surface area contributed by atoms with Gasteiger partial charge in [0, 0.05) is 0 Å². The Hall–Kier alpha value is -3.98. The van der Waals surface area contributed by atoms with Crippen molar-refractivity contribution >= 4 is 46.9 Å². The van der Waals surface area contributed by atoms with Gasteiger partial charge in [0.1, 0.15) is 0 Å². The summed E-state index contributed by atoms with van der Waals surface area (Å²) in [4.78, 5) is 63.3. The number of halogens is 1. The minimum Gasteiger partial charge on any atom is -0.452 e. The summed E-state index contributed by atoms with van der Waals surface area (Å²) in [6.07, 6.45) is 4.90. The van der Waals surface area contributed by atoms with E-state index in [9.17, 15) is 24.0 Å². The second-order valence-electron chi connectivity index (χ2n) is 8.62. The van der Waals surface area contributed by atoms with Crippen molar-refractivity contribution in [2.45, 2.75) is 6.42 Å². The van der Waals surface area contributed by atoms with E-state index in [0.717, 1.165) is 6.42 Å². The Morgan fingerprint density at radius 2 is 1.54 bits per heavy atom. The van der Waals surface area contributed by atoms with Crippen molar-refractivity contribution in [2.24, 2.45) is 23.7 Å². The average Bonchev–Trinajstić information content (AvgIpc) is 3.55. The van der Waals surface area contributed by atoms with E-state index in [0.29, 0.717) is 5.69 Å². The van der Waals surface area contributed by atoms with Gasteiger partial charge in [0.2, 0.25) is 11.8 Å². The maximum Gasteiger partial charge on any atom is 0.338 e. The van der Waals surface area contributed by atoms with E-state index in [4.69, 9.17) is 16.3 Å². The first-order valence-corrected chi connectivity index (χ1v) is 11.4. The van der Waals surface area contributed by atoms with Crippen LogP contribution in [0, 0.1) is 23.7 Å². The normalized spacial score (nSPS) is 23.9. The second-order valence-corrected chi connectivity index (χ2v) is 9.02. The van der Waals surface area contributed by atoms with Crippen LogP contribution in [0.1, 0.15) is 27.1 Å². The highest BCUT2D eigenvalue weighted by Gasteiger charge is 2.59. The van der Waals surface area contributed by atoms with Crippen LogP contribution in [0.5, 0.6) is 0 Å². The number of anilines is 1. The Morgan fingerprint density at radius 3 is 2.17 bits per heavy atom. The predicted octanol–water partition coefficient (Wildman–Crippen LogP) is 2.27. The van der Waals surface area contributed by atoms with E-state index in [1.165, 1.54) is 41.3 Å². The SMILES string of the molecule is O=C(COC(=O)c1ccc(N2C(=O)[C@@H]3[C@H](C2=O)[C@H]2C=C[C@H]3C2)cc1)NNC(=O)c1ccccc1Cl. The zero-order valence-corrected chi connectivity index (χ0v) is 19.0. The summed E-state index contributed by atoms with van der Waals surface area (Å²) < 4.78 is 4.97. The van der Waals surface area contributed by atoms with E-state index in [1.807, 2.05) is 12.2 Å². The monoisotopic (exact) mass is 493 g/mol. The van der Waals surface area contributed by atoms with E-state index >= 15 is 0 Å². The van der Waals surface area contributed by atoms with Crippen molar-refractivity contribution in [2.75, 3.05) is 11.5 Å². The minimum atomic E-state index is -0.776. The number of esters is 1. The first-order valence-electron chi connectivity index (χ1n) is 11.0. The largest absolute Gasteiger partial charge is 0.452 e.